The molecule has 1 aromatic carbocycles. The van der Waals surface area contributed by atoms with Crippen LogP contribution in [0.5, 0.6) is 0 Å². The molecule has 2 saturated carbocycles. The van der Waals surface area contributed by atoms with Crippen molar-refractivity contribution in [1.82, 2.24) is 5.32 Å². The van der Waals surface area contributed by atoms with Gasteiger partial charge in [-0.05, 0) is 55.7 Å². The van der Waals surface area contributed by atoms with Gasteiger partial charge in [-0.15, -0.1) is 0 Å². The minimum Gasteiger partial charge on any atom is -0.349 e. The maximum Gasteiger partial charge on any atom is 0.251 e. The third kappa shape index (κ3) is 2.97. The van der Waals surface area contributed by atoms with Gasteiger partial charge in [0, 0.05) is 20.6 Å². The van der Waals surface area contributed by atoms with E-state index in [0.717, 1.165) is 26.3 Å². The van der Waals surface area contributed by atoms with Gasteiger partial charge in [-0.2, -0.15) is 0 Å². The number of nitrogens with one attached hydrogen (secondary N) is 1. The number of hydrogen-bond donors (Lipinski definition) is 1. The third-order valence-electron chi connectivity index (χ3n) is 3.68. The largest absolute Gasteiger partial charge is 0.349 e. The maximum atomic E-state index is 12.3. The number of amides is 1. The Balaban J connectivity index is 1.72. The molecule has 96 valence electrons. The van der Waals surface area contributed by atoms with Gasteiger partial charge in [0.15, 0.2) is 0 Å². The molecule has 0 unspecified atom stereocenters. The molecule has 18 heavy (non-hydrogen) atoms. The summed E-state index contributed by atoms with van der Waals surface area (Å²) >= 11 is 6.84. The average Bonchev–Trinajstić information content (AvgIpc) is 3.14. The van der Waals surface area contributed by atoms with E-state index >= 15 is 0 Å². The topological polar surface area (TPSA) is 29.1 Å². The number of halogens is 2. The minimum atomic E-state index is 0.0563. The highest BCUT2D eigenvalue weighted by atomic mass is 79.9. The van der Waals surface area contributed by atoms with Crippen molar-refractivity contribution in [3.8, 4) is 0 Å². The smallest absolute Gasteiger partial charge is 0.251 e. The highest BCUT2D eigenvalue weighted by molar-refractivity contribution is 9.11. The predicted molar refractivity (Wildman–Crippen MR) is 78.5 cm³/mol. The Bertz CT molecular complexity index is 448. The SMILES string of the molecule is O=C(NC(C1CC1)C1CC1)c1cc(Br)cc(Br)c1. The van der Waals surface area contributed by atoms with Gasteiger partial charge in [-0.25, -0.2) is 0 Å². The Kier molecular flexibility index (Phi) is 3.50. The summed E-state index contributed by atoms with van der Waals surface area (Å²) in [6.45, 7) is 0. The molecular weight excluding hydrogens is 358 g/mol. The van der Waals surface area contributed by atoms with Crippen molar-refractivity contribution in [3.63, 3.8) is 0 Å². The summed E-state index contributed by atoms with van der Waals surface area (Å²) in [5.41, 5.74) is 0.725. The quantitative estimate of drug-likeness (QED) is 0.845. The summed E-state index contributed by atoms with van der Waals surface area (Å²) in [6.07, 6.45) is 5.13. The van der Waals surface area contributed by atoms with Gasteiger partial charge >= 0.3 is 0 Å². The van der Waals surface area contributed by atoms with E-state index in [1.54, 1.807) is 0 Å². The van der Waals surface area contributed by atoms with Gasteiger partial charge in [-0.1, -0.05) is 31.9 Å². The number of carbonyl (C=O) groups excluding carboxylic acids is 1. The second-order valence-corrected chi connectivity index (χ2v) is 7.16. The lowest BCUT2D eigenvalue weighted by Gasteiger charge is -2.17. The van der Waals surface area contributed by atoms with Crippen LogP contribution in [-0.2, 0) is 0 Å². The first kappa shape index (κ1) is 12.7. The molecule has 3 rings (SSSR count). The maximum absolute atomic E-state index is 12.3. The normalized spacial score (nSPS) is 19.1. The molecule has 4 heteroatoms. The molecular formula is C14H15Br2NO. The molecule has 0 radical (unpaired) electrons. The van der Waals surface area contributed by atoms with E-state index in [-0.39, 0.29) is 5.91 Å². The summed E-state index contributed by atoms with van der Waals surface area (Å²) in [6, 6.07) is 6.10. The van der Waals surface area contributed by atoms with Crippen LogP contribution in [0.3, 0.4) is 0 Å². The summed E-state index contributed by atoms with van der Waals surface area (Å²) in [4.78, 5) is 12.3. The van der Waals surface area contributed by atoms with Crippen LogP contribution in [0.1, 0.15) is 36.0 Å². The molecule has 0 atom stereocenters. The van der Waals surface area contributed by atoms with Gasteiger partial charge < -0.3 is 5.32 Å². The van der Waals surface area contributed by atoms with Crippen LogP contribution in [0.4, 0.5) is 0 Å². The van der Waals surface area contributed by atoms with Crippen LogP contribution in [0.15, 0.2) is 27.1 Å². The van der Waals surface area contributed by atoms with Crippen molar-refractivity contribution in [3.05, 3.63) is 32.7 Å². The van der Waals surface area contributed by atoms with E-state index in [0.29, 0.717) is 6.04 Å². The van der Waals surface area contributed by atoms with E-state index in [1.165, 1.54) is 25.7 Å². The Labute approximate surface area is 124 Å². The summed E-state index contributed by atoms with van der Waals surface area (Å²) < 4.78 is 1.85. The first-order chi connectivity index (χ1) is 8.63. The molecule has 0 heterocycles. The molecule has 1 amide bonds. The Morgan fingerprint density at radius 2 is 1.56 bits per heavy atom. The van der Waals surface area contributed by atoms with Crippen LogP contribution in [0.2, 0.25) is 0 Å². The lowest BCUT2D eigenvalue weighted by atomic mass is 10.1. The molecule has 2 nitrogen and oxygen atoms in total. The van der Waals surface area contributed by atoms with Crippen LogP contribution in [0.25, 0.3) is 0 Å². The first-order valence-corrected chi connectivity index (χ1v) is 7.99. The first-order valence-electron chi connectivity index (χ1n) is 6.40. The van der Waals surface area contributed by atoms with Crippen molar-refractivity contribution in [2.75, 3.05) is 0 Å². The molecule has 0 aliphatic heterocycles. The minimum absolute atomic E-state index is 0.0563. The number of carbonyl (C=O) groups is 1. The van der Waals surface area contributed by atoms with Crippen LogP contribution < -0.4 is 5.32 Å². The van der Waals surface area contributed by atoms with Gasteiger partial charge in [0.25, 0.3) is 5.91 Å². The van der Waals surface area contributed by atoms with Crippen molar-refractivity contribution < 1.29 is 4.79 Å². The summed E-state index contributed by atoms with van der Waals surface area (Å²) in [7, 11) is 0. The van der Waals surface area contributed by atoms with Gasteiger partial charge in [-0.3, -0.25) is 4.79 Å². The fourth-order valence-electron chi connectivity index (χ4n) is 2.45. The molecule has 2 aliphatic rings. The molecule has 0 aromatic heterocycles. The van der Waals surface area contributed by atoms with Crippen LogP contribution >= 0.6 is 31.9 Å². The zero-order valence-electron chi connectivity index (χ0n) is 9.96. The molecule has 0 spiro atoms. The van der Waals surface area contributed by atoms with Crippen molar-refractivity contribution in [2.24, 2.45) is 11.8 Å². The Morgan fingerprint density at radius 1 is 1.06 bits per heavy atom. The second-order valence-electron chi connectivity index (χ2n) is 5.33. The highest BCUT2D eigenvalue weighted by Crippen LogP contribution is 2.44. The van der Waals surface area contributed by atoms with Crippen LogP contribution in [-0.4, -0.2) is 11.9 Å². The van der Waals surface area contributed by atoms with Gasteiger partial charge in [0.05, 0.1) is 0 Å². The van der Waals surface area contributed by atoms with Crippen LogP contribution in [0, 0.1) is 11.8 Å². The molecule has 1 N–H and O–H groups in total. The van der Waals surface area contributed by atoms with Crippen molar-refractivity contribution >= 4 is 37.8 Å². The highest BCUT2D eigenvalue weighted by Gasteiger charge is 2.42. The number of benzene rings is 1. The monoisotopic (exact) mass is 371 g/mol. The zero-order valence-corrected chi connectivity index (χ0v) is 13.1. The van der Waals surface area contributed by atoms with E-state index in [4.69, 9.17) is 0 Å². The molecule has 1 aromatic rings. The van der Waals surface area contributed by atoms with E-state index in [1.807, 2.05) is 18.2 Å². The van der Waals surface area contributed by atoms with Crippen molar-refractivity contribution in [1.29, 1.82) is 0 Å². The molecule has 0 bridgehead atoms. The summed E-state index contributed by atoms with van der Waals surface area (Å²) in [5, 5.41) is 3.23. The van der Waals surface area contributed by atoms with Gasteiger partial charge in [0.2, 0.25) is 0 Å². The molecule has 2 aliphatic carbocycles. The number of rotatable bonds is 4. The van der Waals surface area contributed by atoms with Crippen molar-refractivity contribution in [2.45, 2.75) is 31.7 Å². The standard InChI is InChI=1S/C14H15Br2NO/c15-11-5-10(6-12(16)7-11)14(18)17-13(8-1-2-8)9-3-4-9/h5-9,13H,1-4H2,(H,17,18). The lowest BCUT2D eigenvalue weighted by molar-refractivity contribution is 0.0926. The van der Waals surface area contributed by atoms with E-state index in [2.05, 4.69) is 37.2 Å². The van der Waals surface area contributed by atoms with Gasteiger partial charge in [0.1, 0.15) is 0 Å². The Hall–Kier alpha value is -0.350. The second kappa shape index (κ2) is 4.97. The zero-order chi connectivity index (χ0) is 12.7. The van der Waals surface area contributed by atoms with E-state index < -0.39 is 0 Å². The fraction of sp³-hybridized carbons (Fsp3) is 0.500. The summed E-state index contributed by atoms with van der Waals surface area (Å²) in [5.74, 6) is 1.52. The number of hydrogen-bond acceptors (Lipinski definition) is 1. The lowest BCUT2D eigenvalue weighted by Crippen LogP contribution is -2.38. The molecule has 2 fully saturated rings. The predicted octanol–water partition coefficient (Wildman–Crippen LogP) is 4.13. The Morgan fingerprint density at radius 3 is 2.00 bits per heavy atom. The van der Waals surface area contributed by atoms with E-state index in [9.17, 15) is 4.79 Å². The fourth-order valence-corrected chi connectivity index (χ4v) is 3.74. The average molecular weight is 373 g/mol. The molecule has 0 saturated heterocycles. The third-order valence-corrected chi connectivity index (χ3v) is 4.60.